The number of anilines is 1. The Balaban J connectivity index is 1.54. The standard InChI is InChI=1S/C23H28N4OS/c1-15(2)14-24-22(28)18-9-11-27(12-10-18)21-19-13-20(17-7-5-4-6-8-17)29-23(19)26-16(3)25-21/h4-8,13,15,18H,9-12,14H2,1-3H3,(H,24,28). The Morgan fingerprint density at radius 2 is 1.93 bits per heavy atom. The van der Waals surface area contributed by atoms with E-state index in [0.717, 1.165) is 54.3 Å². The minimum Gasteiger partial charge on any atom is -0.356 e. The molecule has 0 radical (unpaired) electrons. The van der Waals surface area contributed by atoms with Gasteiger partial charge < -0.3 is 10.2 Å². The van der Waals surface area contributed by atoms with Gasteiger partial charge in [0.2, 0.25) is 5.91 Å². The van der Waals surface area contributed by atoms with Crippen LogP contribution in [0.2, 0.25) is 0 Å². The average Bonchev–Trinajstić information content (AvgIpc) is 3.16. The second kappa shape index (κ2) is 8.49. The Morgan fingerprint density at radius 3 is 2.62 bits per heavy atom. The maximum atomic E-state index is 12.4. The normalized spacial score (nSPS) is 15.2. The molecule has 6 heteroatoms. The van der Waals surface area contributed by atoms with Crippen LogP contribution in [0.1, 0.15) is 32.5 Å². The molecule has 1 aliphatic rings. The fourth-order valence-electron chi connectivity index (χ4n) is 3.80. The number of piperidine rings is 1. The zero-order valence-corrected chi connectivity index (χ0v) is 18.1. The summed E-state index contributed by atoms with van der Waals surface area (Å²) in [6.45, 7) is 8.65. The number of aryl methyl sites for hydroxylation is 1. The molecule has 2 aromatic heterocycles. The van der Waals surface area contributed by atoms with E-state index in [9.17, 15) is 4.79 Å². The Labute approximate surface area is 176 Å². The number of carbonyl (C=O) groups excluding carboxylic acids is 1. The number of nitrogens with zero attached hydrogens (tertiary/aromatic N) is 3. The highest BCUT2D eigenvalue weighted by atomic mass is 32.1. The summed E-state index contributed by atoms with van der Waals surface area (Å²) < 4.78 is 0. The van der Waals surface area contributed by atoms with Crippen LogP contribution in [0.3, 0.4) is 0 Å². The van der Waals surface area contributed by atoms with Crippen molar-refractivity contribution < 1.29 is 4.79 Å². The molecule has 1 fully saturated rings. The van der Waals surface area contributed by atoms with Gasteiger partial charge in [0.1, 0.15) is 16.5 Å². The topological polar surface area (TPSA) is 58.1 Å². The molecule has 4 rings (SSSR count). The van der Waals surface area contributed by atoms with Gasteiger partial charge in [-0.05, 0) is 37.3 Å². The molecule has 1 N–H and O–H groups in total. The zero-order valence-electron chi connectivity index (χ0n) is 17.3. The van der Waals surface area contributed by atoms with Gasteiger partial charge in [0.15, 0.2) is 0 Å². The summed E-state index contributed by atoms with van der Waals surface area (Å²) in [6, 6.07) is 12.6. The molecule has 1 amide bonds. The summed E-state index contributed by atoms with van der Waals surface area (Å²) in [4.78, 5) is 26.4. The zero-order chi connectivity index (χ0) is 20.4. The monoisotopic (exact) mass is 408 g/mol. The van der Waals surface area contributed by atoms with Crippen LogP contribution in [0.4, 0.5) is 5.82 Å². The van der Waals surface area contributed by atoms with Gasteiger partial charge in [-0.25, -0.2) is 9.97 Å². The third-order valence-electron chi connectivity index (χ3n) is 5.39. The van der Waals surface area contributed by atoms with Crippen molar-refractivity contribution in [3.05, 3.63) is 42.2 Å². The first-order chi connectivity index (χ1) is 14.0. The number of thiophene rings is 1. The number of amides is 1. The molecular weight excluding hydrogens is 380 g/mol. The predicted octanol–water partition coefficient (Wildman–Crippen LogP) is 4.66. The number of carbonyl (C=O) groups is 1. The summed E-state index contributed by atoms with van der Waals surface area (Å²) in [6.07, 6.45) is 1.73. The fraction of sp³-hybridized carbons (Fsp3) is 0.435. The van der Waals surface area contributed by atoms with E-state index in [2.05, 4.69) is 59.4 Å². The van der Waals surface area contributed by atoms with Crippen LogP contribution in [0.15, 0.2) is 36.4 Å². The molecule has 1 aliphatic heterocycles. The van der Waals surface area contributed by atoms with Crippen molar-refractivity contribution in [3.63, 3.8) is 0 Å². The smallest absolute Gasteiger partial charge is 0.223 e. The largest absolute Gasteiger partial charge is 0.356 e. The number of rotatable bonds is 5. The lowest BCUT2D eigenvalue weighted by Crippen LogP contribution is -2.41. The summed E-state index contributed by atoms with van der Waals surface area (Å²) in [5.41, 5.74) is 1.21. The van der Waals surface area contributed by atoms with Crippen LogP contribution in [0.5, 0.6) is 0 Å². The minimum absolute atomic E-state index is 0.103. The lowest BCUT2D eigenvalue weighted by molar-refractivity contribution is -0.125. The van der Waals surface area contributed by atoms with E-state index in [0.29, 0.717) is 5.92 Å². The van der Waals surface area contributed by atoms with Gasteiger partial charge in [-0.3, -0.25) is 4.79 Å². The van der Waals surface area contributed by atoms with Crippen molar-refractivity contribution in [2.75, 3.05) is 24.5 Å². The van der Waals surface area contributed by atoms with Crippen LogP contribution in [0.25, 0.3) is 20.7 Å². The van der Waals surface area contributed by atoms with E-state index >= 15 is 0 Å². The highest BCUT2D eigenvalue weighted by molar-refractivity contribution is 7.21. The van der Waals surface area contributed by atoms with Crippen molar-refractivity contribution in [2.24, 2.45) is 11.8 Å². The molecule has 1 saturated heterocycles. The summed E-state index contributed by atoms with van der Waals surface area (Å²) in [7, 11) is 0. The van der Waals surface area contributed by atoms with Crippen LogP contribution >= 0.6 is 11.3 Å². The molecule has 0 spiro atoms. The Hall–Kier alpha value is -2.47. The number of nitrogens with one attached hydrogen (secondary N) is 1. The lowest BCUT2D eigenvalue weighted by atomic mass is 9.95. The third kappa shape index (κ3) is 4.42. The first-order valence-electron chi connectivity index (χ1n) is 10.4. The van der Waals surface area contributed by atoms with Crippen LogP contribution in [-0.2, 0) is 4.79 Å². The molecule has 0 unspecified atom stereocenters. The summed E-state index contributed by atoms with van der Waals surface area (Å²) in [5, 5.41) is 4.20. The summed E-state index contributed by atoms with van der Waals surface area (Å²) in [5.74, 6) is 2.58. The van der Waals surface area contributed by atoms with Crippen LogP contribution in [-0.4, -0.2) is 35.5 Å². The van der Waals surface area contributed by atoms with E-state index in [1.165, 1.54) is 10.4 Å². The van der Waals surface area contributed by atoms with Crippen molar-refractivity contribution in [1.29, 1.82) is 0 Å². The van der Waals surface area contributed by atoms with Crippen LogP contribution in [0, 0.1) is 18.8 Å². The van der Waals surface area contributed by atoms with Crippen molar-refractivity contribution >= 4 is 33.3 Å². The van der Waals surface area contributed by atoms with Gasteiger partial charge in [-0.2, -0.15) is 0 Å². The highest BCUT2D eigenvalue weighted by Gasteiger charge is 2.27. The molecule has 3 heterocycles. The van der Waals surface area contributed by atoms with Crippen LogP contribution < -0.4 is 10.2 Å². The summed E-state index contributed by atoms with van der Waals surface area (Å²) >= 11 is 1.72. The van der Waals surface area contributed by atoms with Crippen molar-refractivity contribution in [1.82, 2.24) is 15.3 Å². The molecule has 29 heavy (non-hydrogen) atoms. The van der Waals surface area contributed by atoms with Gasteiger partial charge in [-0.1, -0.05) is 44.2 Å². The maximum absolute atomic E-state index is 12.4. The van der Waals surface area contributed by atoms with E-state index < -0.39 is 0 Å². The Bertz CT molecular complexity index is 991. The Kier molecular flexibility index (Phi) is 5.81. The van der Waals surface area contributed by atoms with E-state index in [4.69, 9.17) is 4.98 Å². The molecule has 0 saturated carbocycles. The lowest BCUT2D eigenvalue weighted by Gasteiger charge is -2.32. The van der Waals surface area contributed by atoms with Gasteiger partial charge >= 0.3 is 0 Å². The first-order valence-corrected chi connectivity index (χ1v) is 11.2. The molecule has 152 valence electrons. The molecule has 0 aliphatic carbocycles. The molecule has 0 atom stereocenters. The first kappa shape index (κ1) is 19.8. The maximum Gasteiger partial charge on any atom is 0.223 e. The van der Waals surface area contributed by atoms with Gasteiger partial charge in [0.25, 0.3) is 0 Å². The number of benzene rings is 1. The van der Waals surface area contributed by atoms with E-state index in [1.807, 2.05) is 13.0 Å². The minimum atomic E-state index is 0.103. The second-order valence-corrected chi connectivity index (χ2v) is 9.22. The Morgan fingerprint density at radius 1 is 1.21 bits per heavy atom. The van der Waals surface area contributed by atoms with Gasteiger partial charge in [0.05, 0.1) is 5.39 Å². The highest BCUT2D eigenvalue weighted by Crippen LogP contribution is 2.37. The SMILES string of the molecule is Cc1nc(N2CCC(C(=O)NCC(C)C)CC2)c2cc(-c3ccccc3)sc2n1. The van der Waals surface area contributed by atoms with E-state index in [-0.39, 0.29) is 11.8 Å². The molecule has 0 bridgehead atoms. The number of fused-ring (bicyclic) bond motifs is 1. The molecule has 5 nitrogen and oxygen atoms in total. The second-order valence-electron chi connectivity index (χ2n) is 8.19. The van der Waals surface area contributed by atoms with Gasteiger partial charge in [-0.15, -0.1) is 11.3 Å². The van der Waals surface area contributed by atoms with Crippen molar-refractivity contribution in [3.8, 4) is 10.4 Å². The molecule has 3 aromatic rings. The van der Waals surface area contributed by atoms with Crippen molar-refractivity contribution in [2.45, 2.75) is 33.6 Å². The van der Waals surface area contributed by atoms with Gasteiger partial charge in [0, 0.05) is 30.4 Å². The quantitative estimate of drug-likeness (QED) is 0.667. The van der Waals surface area contributed by atoms with E-state index in [1.54, 1.807) is 11.3 Å². The molecular formula is C23H28N4OS. The fourth-order valence-corrected chi connectivity index (χ4v) is 4.88. The number of hydrogen-bond acceptors (Lipinski definition) is 5. The predicted molar refractivity (Wildman–Crippen MR) is 120 cm³/mol. The average molecular weight is 409 g/mol. The molecule has 1 aromatic carbocycles. The third-order valence-corrected chi connectivity index (χ3v) is 6.47. The number of hydrogen-bond donors (Lipinski definition) is 1. The number of aromatic nitrogens is 2.